The average Bonchev–Trinajstić information content (AvgIpc) is 3.45. The fourth-order valence-electron chi connectivity index (χ4n) is 4.12. The SMILES string of the molecule is Fc1ccc2[nH]c(-c3cc(-c4cccn5c(-c6cccc(F)c6F)ncc45)ccc3Cl)nc2c1. The van der Waals surface area contributed by atoms with Gasteiger partial charge in [-0.05, 0) is 48.0 Å². The molecule has 0 amide bonds. The minimum atomic E-state index is -0.949. The summed E-state index contributed by atoms with van der Waals surface area (Å²) in [6.45, 7) is 0. The Kier molecular flexibility index (Phi) is 4.67. The maximum Gasteiger partial charge on any atom is 0.169 e. The minimum absolute atomic E-state index is 0.0726. The highest BCUT2D eigenvalue weighted by atomic mass is 35.5. The van der Waals surface area contributed by atoms with Crippen LogP contribution >= 0.6 is 11.6 Å². The molecule has 0 spiro atoms. The second-order valence-electron chi connectivity index (χ2n) is 7.80. The van der Waals surface area contributed by atoms with Crippen LogP contribution in [0, 0.1) is 17.5 Å². The summed E-state index contributed by atoms with van der Waals surface area (Å²) in [6.07, 6.45) is 3.36. The van der Waals surface area contributed by atoms with Gasteiger partial charge in [0.15, 0.2) is 11.6 Å². The number of rotatable bonds is 3. The number of hydrogen-bond acceptors (Lipinski definition) is 2. The Balaban J connectivity index is 1.50. The Bertz CT molecular complexity index is 1720. The molecule has 0 aliphatic carbocycles. The van der Waals surface area contributed by atoms with Gasteiger partial charge in [0.1, 0.15) is 17.5 Å². The van der Waals surface area contributed by atoms with Crippen LogP contribution in [0.5, 0.6) is 0 Å². The third-order valence-electron chi connectivity index (χ3n) is 5.74. The number of fused-ring (bicyclic) bond motifs is 2. The summed E-state index contributed by atoms with van der Waals surface area (Å²) in [6, 6.07) is 17.6. The van der Waals surface area contributed by atoms with Crippen molar-refractivity contribution < 1.29 is 13.2 Å². The molecule has 0 bridgehead atoms. The molecule has 6 aromatic rings. The Morgan fingerprint density at radius 3 is 2.59 bits per heavy atom. The van der Waals surface area contributed by atoms with E-state index in [-0.39, 0.29) is 11.4 Å². The summed E-state index contributed by atoms with van der Waals surface area (Å²) >= 11 is 6.48. The third-order valence-corrected chi connectivity index (χ3v) is 6.07. The number of H-pyrrole nitrogens is 1. The number of hydrogen-bond donors (Lipinski definition) is 1. The van der Waals surface area contributed by atoms with Crippen molar-refractivity contribution in [2.45, 2.75) is 0 Å². The van der Waals surface area contributed by atoms with Crippen molar-refractivity contribution >= 4 is 28.2 Å². The second kappa shape index (κ2) is 7.74. The van der Waals surface area contributed by atoms with Gasteiger partial charge in [0.2, 0.25) is 0 Å². The zero-order chi connectivity index (χ0) is 23.4. The first kappa shape index (κ1) is 20.5. The van der Waals surface area contributed by atoms with Gasteiger partial charge in [-0.1, -0.05) is 29.8 Å². The van der Waals surface area contributed by atoms with Crippen molar-refractivity contribution in [1.82, 2.24) is 19.4 Å². The van der Waals surface area contributed by atoms with E-state index in [2.05, 4.69) is 15.0 Å². The largest absolute Gasteiger partial charge is 0.338 e. The van der Waals surface area contributed by atoms with Crippen molar-refractivity contribution in [3.63, 3.8) is 0 Å². The van der Waals surface area contributed by atoms with Crippen molar-refractivity contribution in [2.24, 2.45) is 0 Å². The van der Waals surface area contributed by atoms with Crippen LogP contribution in [-0.4, -0.2) is 19.4 Å². The number of nitrogens with one attached hydrogen (secondary N) is 1. The molecule has 166 valence electrons. The molecule has 3 aromatic heterocycles. The van der Waals surface area contributed by atoms with E-state index in [0.29, 0.717) is 38.8 Å². The van der Waals surface area contributed by atoms with Gasteiger partial charge < -0.3 is 4.98 Å². The summed E-state index contributed by atoms with van der Waals surface area (Å²) in [5.41, 5.74) is 4.26. The first-order chi connectivity index (χ1) is 16.5. The number of aromatic amines is 1. The fraction of sp³-hybridized carbons (Fsp3) is 0. The zero-order valence-corrected chi connectivity index (χ0v) is 18.1. The van der Waals surface area contributed by atoms with Crippen LogP contribution in [-0.2, 0) is 0 Å². The molecular weight excluding hydrogens is 461 g/mol. The number of imidazole rings is 2. The highest BCUT2D eigenvalue weighted by Crippen LogP contribution is 2.35. The van der Waals surface area contributed by atoms with E-state index in [1.165, 1.54) is 24.3 Å². The van der Waals surface area contributed by atoms with Gasteiger partial charge in [-0.25, -0.2) is 23.1 Å². The molecule has 0 unspecified atom stereocenters. The number of nitrogens with zero attached hydrogens (tertiary/aromatic N) is 3. The van der Waals surface area contributed by atoms with Gasteiger partial charge in [-0.3, -0.25) is 4.40 Å². The van der Waals surface area contributed by atoms with E-state index in [1.807, 2.05) is 24.3 Å². The van der Waals surface area contributed by atoms with Crippen LogP contribution in [0.1, 0.15) is 0 Å². The first-order valence-corrected chi connectivity index (χ1v) is 10.7. The van der Waals surface area contributed by atoms with Crippen LogP contribution in [0.15, 0.2) is 79.1 Å². The Morgan fingerprint density at radius 1 is 0.853 bits per heavy atom. The summed E-state index contributed by atoms with van der Waals surface area (Å²) < 4.78 is 43.6. The summed E-state index contributed by atoms with van der Waals surface area (Å²) in [4.78, 5) is 12.0. The van der Waals surface area contributed by atoms with E-state index in [1.54, 1.807) is 28.9 Å². The van der Waals surface area contributed by atoms with Gasteiger partial charge in [-0.2, -0.15) is 0 Å². The van der Waals surface area contributed by atoms with Crippen LogP contribution < -0.4 is 0 Å². The number of benzene rings is 3. The van der Waals surface area contributed by atoms with Crippen molar-refractivity contribution in [1.29, 1.82) is 0 Å². The number of pyridine rings is 1. The van der Waals surface area contributed by atoms with E-state index >= 15 is 0 Å². The van der Waals surface area contributed by atoms with Gasteiger partial charge >= 0.3 is 0 Å². The smallest absolute Gasteiger partial charge is 0.169 e. The first-order valence-electron chi connectivity index (χ1n) is 10.4. The van der Waals surface area contributed by atoms with Crippen LogP contribution in [0.2, 0.25) is 5.02 Å². The van der Waals surface area contributed by atoms with Crippen LogP contribution in [0.25, 0.3) is 50.5 Å². The average molecular weight is 475 g/mol. The quantitative estimate of drug-likeness (QED) is 0.293. The molecule has 0 atom stereocenters. The monoisotopic (exact) mass is 474 g/mol. The van der Waals surface area contributed by atoms with Crippen LogP contribution in [0.3, 0.4) is 0 Å². The molecule has 6 rings (SSSR count). The predicted molar refractivity (Wildman–Crippen MR) is 126 cm³/mol. The second-order valence-corrected chi connectivity index (χ2v) is 8.21. The molecule has 3 aromatic carbocycles. The highest BCUT2D eigenvalue weighted by Gasteiger charge is 2.17. The lowest BCUT2D eigenvalue weighted by Gasteiger charge is -2.09. The van der Waals surface area contributed by atoms with Gasteiger partial charge in [0.25, 0.3) is 0 Å². The van der Waals surface area contributed by atoms with Crippen molar-refractivity contribution in [3.8, 4) is 33.9 Å². The zero-order valence-electron chi connectivity index (χ0n) is 17.4. The maximum absolute atomic E-state index is 14.4. The van der Waals surface area contributed by atoms with Gasteiger partial charge in [0.05, 0.1) is 33.3 Å². The molecule has 0 aliphatic rings. The molecule has 8 heteroatoms. The lowest BCUT2D eigenvalue weighted by atomic mass is 10.0. The minimum Gasteiger partial charge on any atom is -0.338 e. The highest BCUT2D eigenvalue weighted by molar-refractivity contribution is 6.33. The topological polar surface area (TPSA) is 46.0 Å². The van der Waals surface area contributed by atoms with Crippen molar-refractivity contribution in [3.05, 3.63) is 102 Å². The summed E-state index contributed by atoms with van der Waals surface area (Å²) in [5, 5.41) is 0.478. The van der Waals surface area contributed by atoms with Gasteiger partial charge in [0, 0.05) is 23.4 Å². The molecule has 34 heavy (non-hydrogen) atoms. The molecule has 0 fully saturated rings. The molecule has 0 radical (unpaired) electrons. The Morgan fingerprint density at radius 2 is 1.71 bits per heavy atom. The van der Waals surface area contributed by atoms with E-state index in [4.69, 9.17) is 11.6 Å². The molecular formula is C26H14ClF3N4. The maximum atomic E-state index is 14.4. The molecule has 1 N–H and O–H groups in total. The summed E-state index contributed by atoms with van der Waals surface area (Å²) in [7, 11) is 0. The predicted octanol–water partition coefficient (Wildman–Crippen LogP) is 7.28. The van der Waals surface area contributed by atoms with Crippen molar-refractivity contribution in [2.75, 3.05) is 0 Å². The van der Waals surface area contributed by atoms with Gasteiger partial charge in [-0.15, -0.1) is 0 Å². The molecule has 0 aliphatic heterocycles. The Hall–Kier alpha value is -4.10. The summed E-state index contributed by atoms with van der Waals surface area (Å²) in [5.74, 6) is -1.45. The molecule has 3 heterocycles. The molecule has 0 saturated heterocycles. The van der Waals surface area contributed by atoms with E-state index in [9.17, 15) is 13.2 Å². The fourth-order valence-corrected chi connectivity index (χ4v) is 4.33. The normalized spacial score (nSPS) is 11.5. The van der Waals surface area contributed by atoms with Crippen LogP contribution in [0.4, 0.5) is 13.2 Å². The lowest BCUT2D eigenvalue weighted by Crippen LogP contribution is -1.95. The lowest BCUT2D eigenvalue weighted by molar-refractivity contribution is 0.510. The number of halogens is 4. The molecule has 4 nitrogen and oxygen atoms in total. The number of aromatic nitrogens is 4. The van der Waals surface area contributed by atoms with E-state index in [0.717, 1.165) is 17.2 Å². The third kappa shape index (κ3) is 3.24. The van der Waals surface area contributed by atoms with E-state index < -0.39 is 11.6 Å². The molecule has 0 saturated carbocycles. The standard InChI is InChI=1S/C26H14ClF3N4/c27-19-8-6-14(11-18(19)25-32-21-9-7-15(28)12-22(21)33-25)16-4-2-10-34-23(16)13-31-26(34)17-3-1-5-20(29)24(17)30/h1-13H,(H,32,33). The Labute approximate surface area is 196 Å².